The molecule has 0 aromatic heterocycles. The summed E-state index contributed by atoms with van der Waals surface area (Å²) in [6, 6.07) is 6.81. The fraction of sp³-hybridized carbons (Fsp3) is 0.188. The molecule has 1 amide bonds. The highest BCUT2D eigenvalue weighted by Gasteiger charge is 2.18. The van der Waals surface area contributed by atoms with Crippen molar-refractivity contribution in [3.8, 4) is 5.75 Å². The van der Waals surface area contributed by atoms with E-state index >= 15 is 0 Å². The third-order valence-electron chi connectivity index (χ3n) is 3.17. The summed E-state index contributed by atoms with van der Waals surface area (Å²) in [5, 5.41) is 4.27. The number of halogens is 4. The Morgan fingerprint density at radius 1 is 1.04 bits per heavy atom. The molecule has 0 bridgehead atoms. The molecular formula is C16H13Cl4NO2. The first-order valence-corrected chi connectivity index (χ1v) is 8.14. The fourth-order valence-electron chi connectivity index (χ4n) is 1.94. The highest BCUT2D eigenvalue weighted by Crippen LogP contribution is 2.42. The van der Waals surface area contributed by atoms with Crippen molar-refractivity contribution < 1.29 is 9.53 Å². The maximum Gasteiger partial charge on any atom is 0.262 e. The molecule has 0 atom stereocenters. The Morgan fingerprint density at radius 2 is 1.65 bits per heavy atom. The zero-order valence-corrected chi connectivity index (χ0v) is 15.4. The van der Waals surface area contributed by atoms with Crippen LogP contribution < -0.4 is 10.1 Å². The summed E-state index contributed by atoms with van der Waals surface area (Å²) in [7, 11) is 0. The number of amides is 1. The Morgan fingerprint density at radius 3 is 2.22 bits per heavy atom. The number of rotatable bonds is 4. The third kappa shape index (κ3) is 4.24. The average molecular weight is 393 g/mol. The quantitative estimate of drug-likeness (QED) is 0.699. The Balaban J connectivity index is 2.11. The maximum absolute atomic E-state index is 12.0. The first kappa shape index (κ1) is 18.2. The molecule has 2 aromatic rings. The molecule has 0 radical (unpaired) electrons. The van der Waals surface area contributed by atoms with Crippen LogP contribution in [0.25, 0.3) is 0 Å². The van der Waals surface area contributed by atoms with E-state index < -0.39 is 0 Å². The van der Waals surface area contributed by atoms with Gasteiger partial charge in [0.2, 0.25) is 0 Å². The number of hydrogen-bond acceptors (Lipinski definition) is 2. The van der Waals surface area contributed by atoms with E-state index in [4.69, 9.17) is 51.1 Å². The van der Waals surface area contributed by atoms with Gasteiger partial charge in [0.05, 0.1) is 10.0 Å². The molecule has 0 spiro atoms. The standard InChI is InChI=1S/C16H13Cl4NO2/c1-8-13(18)9(2)15(20)16(14(8)19)23-7-12(22)21-11-5-3-4-10(17)6-11/h3-6H,7H2,1-2H3,(H,21,22). The van der Waals surface area contributed by atoms with Crippen molar-refractivity contribution in [2.45, 2.75) is 13.8 Å². The molecule has 0 heterocycles. The van der Waals surface area contributed by atoms with Gasteiger partial charge in [-0.05, 0) is 43.2 Å². The van der Waals surface area contributed by atoms with Crippen LogP contribution in [0.3, 0.4) is 0 Å². The zero-order valence-electron chi connectivity index (χ0n) is 12.3. The molecular weight excluding hydrogens is 380 g/mol. The summed E-state index contributed by atoms with van der Waals surface area (Å²) in [4.78, 5) is 12.0. The Bertz CT molecular complexity index is 733. The SMILES string of the molecule is Cc1c(Cl)c(C)c(Cl)c(OCC(=O)Nc2cccc(Cl)c2)c1Cl. The van der Waals surface area contributed by atoms with Gasteiger partial charge in [-0.2, -0.15) is 0 Å². The first-order valence-electron chi connectivity index (χ1n) is 6.63. The van der Waals surface area contributed by atoms with Crippen LogP contribution >= 0.6 is 46.4 Å². The van der Waals surface area contributed by atoms with Crippen LogP contribution in [-0.4, -0.2) is 12.5 Å². The molecule has 0 saturated carbocycles. The Hall–Kier alpha value is -1.13. The van der Waals surface area contributed by atoms with Crippen molar-refractivity contribution in [1.29, 1.82) is 0 Å². The Kier molecular flexibility index (Phi) is 6.04. The fourth-order valence-corrected chi connectivity index (χ4v) is 2.95. The number of carbonyl (C=O) groups excluding carboxylic acids is 1. The molecule has 7 heteroatoms. The van der Waals surface area contributed by atoms with Crippen LogP contribution in [0.5, 0.6) is 5.75 Å². The van der Waals surface area contributed by atoms with Gasteiger partial charge in [0.25, 0.3) is 5.91 Å². The van der Waals surface area contributed by atoms with Crippen molar-refractivity contribution in [3.63, 3.8) is 0 Å². The lowest BCUT2D eigenvalue weighted by molar-refractivity contribution is -0.118. The third-order valence-corrected chi connectivity index (χ3v) is 4.88. The number of benzene rings is 2. The minimum Gasteiger partial charge on any atom is -0.481 e. The number of ether oxygens (including phenoxy) is 1. The van der Waals surface area contributed by atoms with Crippen molar-refractivity contribution in [1.82, 2.24) is 0 Å². The molecule has 122 valence electrons. The summed E-state index contributed by atoms with van der Waals surface area (Å²) in [6.45, 7) is 3.27. The van der Waals surface area contributed by atoms with E-state index in [1.54, 1.807) is 38.1 Å². The topological polar surface area (TPSA) is 38.3 Å². The van der Waals surface area contributed by atoms with Gasteiger partial charge in [-0.25, -0.2) is 0 Å². The molecule has 2 aromatic carbocycles. The molecule has 1 N–H and O–H groups in total. The lowest BCUT2D eigenvalue weighted by atomic mass is 10.1. The summed E-state index contributed by atoms with van der Waals surface area (Å²) < 4.78 is 5.48. The van der Waals surface area contributed by atoms with Crippen molar-refractivity contribution in [3.05, 3.63) is 55.5 Å². The smallest absolute Gasteiger partial charge is 0.262 e. The molecule has 23 heavy (non-hydrogen) atoms. The Labute approximate surface area is 154 Å². The van der Waals surface area contributed by atoms with Crippen LogP contribution in [0, 0.1) is 13.8 Å². The largest absolute Gasteiger partial charge is 0.481 e. The van der Waals surface area contributed by atoms with Gasteiger partial charge in [-0.1, -0.05) is 52.5 Å². The van der Waals surface area contributed by atoms with Crippen LogP contribution in [0.15, 0.2) is 24.3 Å². The number of hydrogen-bond donors (Lipinski definition) is 1. The lowest BCUT2D eigenvalue weighted by Crippen LogP contribution is -2.20. The predicted molar refractivity (Wildman–Crippen MR) is 96.5 cm³/mol. The molecule has 0 saturated heterocycles. The summed E-state index contributed by atoms with van der Waals surface area (Å²) in [6.07, 6.45) is 0. The second-order valence-electron chi connectivity index (χ2n) is 4.87. The van der Waals surface area contributed by atoms with Gasteiger partial charge in [0, 0.05) is 15.7 Å². The lowest BCUT2D eigenvalue weighted by Gasteiger charge is -2.15. The highest BCUT2D eigenvalue weighted by molar-refractivity contribution is 6.42. The summed E-state index contributed by atoms with van der Waals surface area (Å²) in [5.74, 6) is -0.112. The van der Waals surface area contributed by atoms with Crippen LogP contribution in [0.1, 0.15) is 11.1 Å². The van der Waals surface area contributed by atoms with Gasteiger partial charge < -0.3 is 10.1 Å². The van der Waals surface area contributed by atoms with Gasteiger partial charge >= 0.3 is 0 Å². The van der Waals surface area contributed by atoms with E-state index in [1.807, 2.05) is 0 Å². The number of carbonyl (C=O) groups is 1. The van der Waals surface area contributed by atoms with Gasteiger partial charge in [0.1, 0.15) is 0 Å². The van der Waals surface area contributed by atoms with Crippen LogP contribution in [0.2, 0.25) is 20.1 Å². The van der Waals surface area contributed by atoms with E-state index in [2.05, 4.69) is 5.32 Å². The highest BCUT2D eigenvalue weighted by atomic mass is 35.5. The monoisotopic (exact) mass is 391 g/mol. The molecule has 0 aliphatic heterocycles. The van der Waals surface area contributed by atoms with E-state index in [1.165, 1.54) is 0 Å². The van der Waals surface area contributed by atoms with Crippen molar-refractivity contribution in [2.75, 3.05) is 11.9 Å². The molecule has 0 aliphatic carbocycles. The van der Waals surface area contributed by atoms with Crippen molar-refractivity contribution in [2.24, 2.45) is 0 Å². The number of nitrogens with one attached hydrogen (secondary N) is 1. The minimum atomic E-state index is -0.357. The normalized spacial score (nSPS) is 10.5. The summed E-state index contributed by atoms with van der Waals surface area (Å²) >= 11 is 24.4. The van der Waals surface area contributed by atoms with Gasteiger partial charge in [-0.15, -0.1) is 0 Å². The molecule has 3 nitrogen and oxygen atoms in total. The first-order chi connectivity index (χ1) is 10.8. The van der Waals surface area contributed by atoms with E-state index in [9.17, 15) is 4.79 Å². The van der Waals surface area contributed by atoms with E-state index in [0.717, 1.165) is 0 Å². The van der Waals surface area contributed by atoms with Gasteiger partial charge in [-0.3, -0.25) is 4.79 Å². The molecule has 0 unspecified atom stereocenters. The maximum atomic E-state index is 12.0. The molecule has 0 fully saturated rings. The van der Waals surface area contributed by atoms with Crippen LogP contribution in [0.4, 0.5) is 5.69 Å². The number of anilines is 1. The molecule has 0 aliphatic rings. The minimum absolute atomic E-state index is 0.244. The summed E-state index contributed by atoms with van der Waals surface area (Å²) in [5.41, 5.74) is 1.88. The molecule has 2 rings (SSSR count). The predicted octanol–water partition coefficient (Wildman–Crippen LogP) is 5.93. The zero-order chi connectivity index (χ0) is 17.1. The van der Waals surface area contributed by atoms with Crippen LogP contribution in [-0.2, 0) is 4.79 Å². The second kappa shape index (κ2) is 7.63. The average Bonchev–Trinajstić information content (AvgIpc) is 2.51. The van der Waals surface area contributed by atoms with E-state index in [-0.39, 0.29) is 18.3 Å². The van der Waals surface area contributed by atoms with Gasteiger partial charge in [0.15, 0.2) is 12.4 Å². The van der Waals surface area contributed by atoms with Crippen molar-refractivity contribution >= 4 is 58.0 Å². The second-order valence-corrected chi connectivity index (χ2v) is 6.44. The van der Waals surface area contributed by atoms with E-state index in [0.29, 0.717) is 36.9 Å².